The quantitative estimate of drug-likeness (QED) is 0.669. The molecule has 3 nitrogen and oxygen atoms in total. The molecule has 12 heavy (non-hydrogen) atoms. The van der Waals surface area contributed by atoms with Gasteiger partial charge in [-0.3, -0.25) is 0 Å². The molecule has 2 heterocycles. The average Bonchev–Trinajstić information content (AvgIpc) is 2.59. The van der Waals surface area contributed by atoms with Crippen molar-refractivity contribution in [2.45, 2.75) is 38.1 Å². The zero-order valence-corrected chi connectivity index (χ0v) is 7.42. The van der Waals surface area contributed by atoms with Crippen molar-refractivity contribution in [3.8, 4) is 0 Å². The molecule has 2 aliphatic heterocycles. The molecule has 2 rings (SSSR count). The van der Waals surface area contributed by atoms with E-state index in [1.807, 2.05) is 0 Å². The van der Waals surface area contributed by atoms with Gasteiger partial charge in [-0.15, -0.1) is 0 Å². The minimum atomic E-state index is 0.0867. The summed E-state index contributed by atoms with van der Waals surface area (Å²) in [5, 5.41) is 3.28. The van der Waals surface area contributed by atoms with Crippen molar-refractivity contribution in [1.82, 2.24) is 5.32 Å². The van der Waals surface area contributed by atoms with Gasteiger partial charge in [0.15, 0.2) is 6.29 Å². The minimum Gasteiger partial charge on any atom is -0.353 e. The summed E-state index contributed by atoms with van der Waals surface area (Å²) in [5.74, 6) is 0. The first-order valence-corrected chi connectivity index (χ1v) is 4.93. The number of hydrogen-bond acceptors (Lipinski definition) is 3. The van der Waals surface area contributed by atoms with Gasteiger partial charge < -0.3 is 14.8 Å². The van der Waals surface area contributed by atoms with Crippen molar-refractivity contribution in [2.75, 3.05) is 19.7 Å². The lowest BCUT2D eigenvalue weighted by Gasteiger charge is -2.25. The van der Waals surface area contributed by atoms with Gasteiger partial charge in [0.1, 0.15) is 0 Å². The van der Waals surface area contributed by atoms with Crippen LogP contribution >= 0.6 is 0 Å². The predicted octanol–water partition coefficient (Wildman–Crippen LogP) is 0.891. The molecule has 3 heteroatoms. The van der Waals surface area contributed by atoms with Crippen molar-refractivity contribution in [3.63, 3.8) is 0 Å². The van der Waals surface area contributed by atoms with E-state index in [2.05, 4.69) is 5.32 Å². The maximum Gasteiger partial charge on any atom is 0.158 e. The highest BCUT2D eigenvalue weighted by atomic mass is 16.7. The maximum absolute atomic E-state index is 5.77. The van der Waals surface area contributed by atoms with Crippen molar-refractivity contribution in [1.29, 1.82) is 0 Å². The Balaban J connectivity index is 1.69. The summed E-state index contributed by atoms with van der Waals surface area (Å²) in [5.41, 5.74) is 0. The topological polar surface area (TPSA) is 30.5 Å². The van der Waals surface area contributed by atoms with Gasteiger partial charge in [-0.25, -0.2) is 0 Å². The summed E-state index contributed by atoms with van der Waals surface area (Å²) >= 11 is 0. The Labute approximate surface area is 73.4 Å². The zero-order chi connectivity index (χ0) is 8.23. The van der Waals surface area contributed by atoms with Gasteiger partial charge in [0.05, 0.1) is 6.10 Å². The fourth-order valence-corrected chi connectivity index (χ4v) is 1.78. The molecular formula is C9H17NO2. The lowest BCUT2D eigenvalue weighted by Crippen LogP contribution is -2.29. The highest BCUT2D eigenvalue weighted by Gasteiger charge is 2.21. The molecule has 0 saturated carbocycles. The van der Waals surface area contributed by atoms with Crippen LogP contribution in [0.25, 0.3) is 0 Å². The van der Waals surface area contributed by atoms with Gasteiger partial charge in [0.25, 0.3) is 0 Å². The third-order valence-corrected chi connectivity index (χ3v) is 2.50. The Morgan fingerprint density at radius 2 is 2.25 bits per heavy atom. The third kappa shape index (κ3) is 2.19. The summed E-state index contributed by atoms with van der Waals surface area (Å²) in [6, 6.07) is 0. The van der Waals surface area contributed by atoms with Crippen molar-refractivity contribution in [3.05, 3.63) is 0 Å². The molecule has 1 N–H and O–H groups in total. The summed E-state index contributed by atoms with van der Waals surface area (Å²) in [6.07, 6.45) is 5.15. The number of hydrogen-bond donors (Lipinski definition) is 1. The van der Waals surface area contributed by atoms with Gasteiger partial charge in [-0.05, 0) is 32.2 Å². The Hall–Kier alpha value is -0.120. The van der Waals surface area contributed by atoms with Crippen LogP contribution in [0.5, 0.6) is 0 Å². The van der Waals surface area contributed by atoms with Crippen molar-refractivity contribution >= 4 is 0 Å². The largest absolute Gasteiger partial charge is 0.353 e. The lowest BCUT2D eigenvalue weighted by atomic mass is 10.2. The molecule has 0 aromatic rings. The first kappa shape index (κ1) is 8.48. The smallest absolute Gasteiger partial charge is 0.158 e. The van der Waals surface area contributed by atoms with E-state index in [0.717, 1.165) is 32.5 Å². The second-order valence-corrected chi connectivity index (χ2v) is 3.55. The molecule has 0 radical (unpaired) electrons. The summed E-state index contributed by atoms with van der Waals surface area (Å²) < 4.78 is 11.3. The van der Waals surface area contributed by atoms with Crippen molar-refractivity contribution < 1.29 is 9.47 Å². The molecule has 1 unspecified atom stereocenters. The number of nitrogens with one attached hydrogen (secondary N) is 1. The molecule has 0 bridgehead atoms. The second kappa shape index (κ2) is 4.21. The van der Waals surface area contributed by atoms with Gasteiger partial charge in [-0.2, -0.15) is 0 Å². The summed E-state index contributed by atoms with van der Waals surface area (Å²) in [6.45, 7) is 2.97. The highest BCUT2D eigenvalue weighted by Crippen LogP contribution is 2.17. The molecule has 0 spiro atoms. The van der Waals surface area contributed by atoms with Gasteiger partial charge in [0.2, 0.25) is 0 Å². The second-order valence-electron chi connectivity index (χ2n) is 3.55. The maximum atomic E-state index is 5.77. The zero-order valence-electron chi connectivity index (χ0n) is 7.42. The highest BCUT2D eigenvalue weighted by molar-refractivity contribution is 4.72. The van der Waals surface area contributed by atoms with E-state index in [9.17, 15) is 0 Å². The van der Waals surface area contributed by atoms with E-state index in [-0.39, 0.29) is 6.29 Å². The van der Waals surface area contributed by atoms with E-state index in [0.29, 0.717) is 6.10 Å². The normalized spacial score (nSPS) is 37.0. The molecular weight excluding hydrogens is 154 g/mol. The Kier molecular flexibility index (Phi) is 2.98. The van der Waals surface area contributed by atoms with E-state index >= 15 is 0 Å². The minimum absolute atomic E-state index is 0.0867. The van der Waals surface area contributed by atoms with Crippen LogP contribution in [0.15, 0.2) is 0 Å². The average molecular weight is 171 g/mol. The van der Waals surface area contributed by atoms with Crippen LogP contribution < -0.4 is 5.32 Å². The Morgan fingerprint density at radius 1 is 1.25 bits per heavy atom. The van der Waals surface area contributed by atoms with E-state index < -0.39 is 0 Å². The monoisotopic (exact) mass is 171 g/mol. The Bertz CT molecular complexity index is 128. The summed E-state index contributed by atoms with van der Waals surface area (Å²) in [4.78, 5) is 0. The molecule has 70 valence electrons. The van der Waals surface area contributed by atoms with Crippen LogP contribution in [0.2, 0.25) is 0 Å². The first-order chi connectivity index (χ1) is 5.95. The van der Waals surface area contributed by atoms with Gasteiger partial charge in [-0.1, -0.05) is 0 Å². The predicted molar refractivity (Wildman–Crippen MR) is 46.0 cm³/mol. The standard InChI is InChI=1S/C9H17NO2/c1-2-6-11-9(3-1)12-8-4-5-10-7-8/h8-10H,1-7H2/t8?,9-/m1/s1. The SMILES string of the molecule is C1CC[C@@H](OC2CCNC2)OC1. The molecule has 0 aliphatic carbocycles. The van der Waals surface area contributed by atoms with E-state index in [4.69, 9.17) is 9.47 Å². The van der Waals surface area contributed by atoms with Crippen LogP contribution in [0.3, 0.4) is 0 Å². The fraction of sp³-hybridized carbons (Fsp3) is 1.00. The molecule has 0 aromatic heterocycles. The third-order valence-electron chi connectivity index (χ3n) is 2.50. The Morgan fingerprint density at radius 3 is 2.92 bits per heavy atom. The van der Waals surface area contributed by atoms with Crippen LogP contribution in [-0.2, 0) is 9.47 Å². The molecule has 2 saturated heterocycles. The fourth-order valence-electron chi connectivity index (χ4n) is 1.78. The van der Waals surface area contributed by atoms with Crippen LogP contribution in [-0.4, -0.2) is 32.1 Å². The molecule has 0 amide bonds. The van der Waals surface area contributed by atoms with Gasteiger partial charge >= 0.3 is 0 Å². The van der Waals surface area contributed by atoms with Crippen LogP contribution in [0, 0.1) is 0 Å². The lowest BCUT2D eigenvalue weighted by molar-refractivity contribution is -0.183. The van der Waals surface area contributed by atoms with E-state index in [1.165, 1.54) is 12.8 Å². The van der Waals surface area contributed by atoms with Crippen LogP contribution in [0.4, 0.5) is 0 Å². The summed E-state index contributed by atoms with van der Waals surface area (Å²) in [7, 11) is 0. The number of rotatable bonds is 2. The first-order valence-electron chi connectivity index (χ1n) is 4.93. The van der Waals surface area contributed by atoms with Gasteiger partial charge in [0, 0.05) is 13.2 Å². The molecule has 2 atom stereocenters. The van der Waals surface area contributed by atoms with E-state index in [1.54, 1.807) is 0 Å². The molecule has 0 aromatic carbocycles. The number of ether oxygens (including phenoxy) is 2. The molecule has 2 fully saturated rings. The molecule has 2 aliphatic rings. The van der Waals surface area contributed by atoms with Crippen molar-refractivity contribution in [2.24, 2.45) is 0 Å². The van der Waals surface area contributed by atoms with Crippen LogP contribution in [0.1, 0.15) is 25.7 Å².